The average molecular weight is 339 g/mol. The molecule has 0 bridgehead atoms. The molecule has 1 N–H and O–H groups in total. The second-order valence-corrected chi connectivity index (χ2v) is 5.95. The highest BCUT2D eigenvalue weighted by Crippen LogP contribution is 2.17. The third-order valence-corrected chi connectivity index (χ3v) is 4.03. The third kappa shape index (κ3) is 4.79. The zero-order valence-corrected chi connectivity index (χ0v) is 14.0. The molecule has 0 saturated carbocycles. The van der Waals surface area contributed by atoms with Crippen LogP contribution in [0.2, 0.25) is 0 Å². The highest BCUT2D eigenvalue weighted by molar-refractivity contribution is 5.73. The summed E-state index contributed by atoms with van der Waals surface area (Å²) in [5.74, 6) is 0.0682. The van der Waals surface area contributed by atoms with Crippen molar-refractivity contribution < 1.29 is 14.6 Å². The van der Waals surface area contributed by atoms with E-state index in [0.717, 1.165) is 42.5 Å². The van der Waals surface area contributed by atoms with E-state index >= 15 is 0 Å². The van der Waals surface area contributed by atoms with Crippen LogP contribution in [0.5, 0.6) is 5.75 Å². The Hall–Kier alpha value is -2.89. The first-order valence-electron chi connectivity index (χ1n) is 8.44. The van der Waals surface area contributed by atoms with E-state index in [4.69, 9.17) is 9.84 Å². The quantitative estimate of drug-likeness (QED) is 0.602. The van der Waals surface area contributed by atoms with Crippen LogP contribution < -0.4 is 4.74 Å². The van der Waals surface area contributed by atoms with Crippen LogP contribution in [0, 0.1) is 0 Å². The van der Waals surface area contributed by atoms with Crippen LogP contribution in [-0.2, 0) is 17.9 Å². The lowest BCUT2D eigenvalue weighted by Crippen LogP contribution is -2.07. The fraction of sp³-hybridized carbons (Fsp3) is 0.316. The van der Waals surface area contributed by atoms with Crippen molar-refractivity contribution in [2.45, 2.75) is 38.8 Å². The number of rotatable bonds is 9. The number of carboxylic acids is 1. The summed E-state index contributed by atoms with van der Waals surface area (Å²) in [6.07, 6.45) is 3.79. The molecule has 3 aromatic rings. The van der Waals surface area contributed by atoms with Crippen molar-refractivity contribution in [1.29, 1.82) is 0 Å². The summed E-state index contributed by atoms with van der Waals surface area (Å²) in [7, 11) is 0. The van der Waals surface area contributed by atoms with Gasteiger partial charge in [0.05, 0.1) is 5.52 Å². The number of carbonyl (C=O) groups is 1. The number of carboxylic acid groups (broad SMARTS) is 1. The fourth-order valence-electron chi connectivity index (χ4n) is 2.72. The minimum absolute atomic E-state index is 0.245. The molecule has 25 heavy (non-hydrogen) atoms. The number of benzene rings is 2. The molecule has 0 fully saturated rings. The first-order valence-corrected chi connectivity index (χ1v) is 8.44. The van der Waals surface area contributed by atoms with Gasteiger partial charge in [-0.05, 0) is 49.1 Å². The molecule has 6 nitrogen and oxygen atoms in total. The van der Waals surface area contributed by atoms with Gasteiger partial charge in [-0.15, -0.1) is 5.10 Å². The molecule has 1 aromatic heterocycles. The van der Waals surface area contributed by atoms with Gasteiger partial charge in [0.1, 0.15) is 11.3 Å². The van der Waals surface area contributed by atoms with Crippen molar-refractivity contribution in [2.75, 3.05) is 0 Å². The van der Waals surface area contributed by atoms with Crippen molar-refractivity contribution in [3.63, 3.8) is 0 Å². The van der Waals surface area contributed by atoms with Crippen molar-refractivity contribution in [2.24, 2.45) is 0 Å². The van der Waals surface area contributed by atoms with Gasteiger partial charge in [0.2, 0.25) is 0 Å². The van der Waals surface area contributed by atoms with Crippen molar-refractivity contribution in [3.05, 3.63) is 54.1 Å². The number of fused-ring (bicyclic) bond motifs is 1. The van der Waals surface area contributed by atoms with Gasteiger partial charge in [0, 0.05) is 6.42 Å². The van der Waals surface area contributed by atoms with Crippen LogP contribution in [0.3, 0.4) is 0 Å². The van der Waals surface area contributed by atoms with E-state index < -0.39 is 5.97 Å². The lowest BCUT2D eigenvalue weighted by Gasteiger charge is -2.08. The molecule has 130 valence electrons. The van der Waals surface area contributed by atoms with E-state index in [0.29, 0.717) is 6.73 Å². The van der Waals surface area contributed by atoms with E-state index in [1.807, 2.05) is 42.5 Å². The molecule has 0 spiro atoms. The first kappa shape index (κ1) is 17.0. The Kier molecular flexibility index (Phi) is 5.61. The predicted octanol–water partition coefficient (Wildman–Crippen LogP) is 3.66. The van der Waals surface area contributed by atoms with E-state index in [-0.39, 0.29) is 6.42 Å². The molecule has 2 aromatic carbocycles. The highest BCUT2D eigenvalue weighted by atomic mass is 16.5. The second-order valence-electron chi connectivity index (χ2n) is 5.95. The van der Waals surface area contributed by atoms with Crippen LogP contribution in [0.4, 0.5) is 0 Å². The number of unbranched alkanes of at least 4 members (excludes halogenated alkanes) is 2. The number of aromatic nitrogens is 3. The van der Waals surface area contributed by atoms with Gasteiger partial charge in [-0.3, -0.25) is 4.79 Å². The number of para-hydroxylation sites is 1. The van der Waals surface area contributed by atoms with Gasteiger partial charge in [-0.1, -0.05) is 35.9 Å². The van der Waals surface area contributed by atoms with Crippen LogP contribution >= 0.6 is 0 Å². The van der Waals surface area contributed by atoms with E-state index in [2.05, 4.69) is 16.4 Å². The summed E-state index contributed by atoms with van der Waals surface area (Å²) in [4.78, 5) is 10.5. The summed E-state index contributed by atoms with van der Waals surface area (Å²) in [5.41, 5.74) is 2.98. The lowest BCUT2D eigenvalue weighted by atomic mass is 10.1. The molecule has 0 aliphatic heterocycles. The average Bonchev–Trinajstić information content (AvgIpc) is 3.03. The van der Waals surface area contributed by atoms with Gasteiger partial charge >= 0.3 is 5.97 Å². The molecule has 0 amide bonds. The summed E-state index contributed by atoms with van der Waals surface area (Å²) >= 11 is 0. The first-order chi connectivity index (χ1) is 12.2. The van der Waals surface area contributed by atoms with E-state index in [1.54, 1.807) is 4.68 Å². The van der Waals surface area contributed by atoms with Crippen LogP contribution in [0.25, 0.3) is 11.0 Å². The number of aryl methyl sites for hydroxylation is 1. The molecule has 0 atom stereocenters. The topological polar surface area (TPSA) is 77.2 Å². The maximum Gasteiger partial charge on any atom is 0.303 e. The Labute approximate surface area is 146 Å². The SMILES string of the molecule is O=C(O)CCCCCc1cccc(OCn2nnc3ccccc32)c1. The molecule has 0 unspecified atom stereocenters. The van der Waals surface area contributed by atoms with Crippen molar-refractivity contribution in [1.82, 2.24) is 15.0 Å². The number of ether oxygens (including phenoxy) is 1. The summed E-state index contributed by atoms with van der Waals surface area (Å²) < 4.78 is 7.57. The van der Waals surface area contributed by atoms with Gasteiger partial charge < -0.3 is 9.84 Å². The Morgan fingerprint density at radius 2 is 1.96 bits per heavy atom. The zero-order valence-electron chi connectivity index (χ0n) is 14.0. The number of hydrogen-bond donors (Lipinski definition) is 1. The molecule has 0 saturated heterocycles. The number of aliphatic carboxylic acids is 1. The monoisotopic (exact) mass is 339 g/mol. The summed E-state index contributed by atoms with van der Waals surface area (Å²) in [5, 5.41) is 16.9. The molecule has 1 heterocycles. The standard InChI is InChI=1S/C19H21N3O3/c23-19(24)12-3-1-2-7-15-8-6-9-16(13-15)25-14-22-18-11-5-4-10-17(18)20-21-22/h4-6,8-11,13H,1-3,7,12,14H2,(H,23,24). The highest BCUT2D eigenvalue weighted by Gasteiger charge is 2.04. The van der Waals surface area contributed by atoms with Gasteiger partial charge in [0.25, 0.3) is 0 Å². The minimum Gasteiger partial charge on any atom is -0.481 e. The van der Waals surface area contributed by atoms with Crippen LogP contribution in [0.15, 0.2) is 48.5 Å². The smallest absolute Gasteiger partial charge is 0.303 e. The normalized spacial score (nSPS) is 10.9. The Morgan fingerprint density at radius 3 is 2.84 bits per heavy atom. The second kappa shape index (κ2) is 8.28. The van der Waals surface area contributed by atoms with Crippen molar-refractivity contribution >= 4 is 17.0 Å². The summed E-state index contributed by atoms with van der Waals surface area (Å²) in [6.45, 7) is 0.308. The van der Waals surface area contributed by atoms with Gasteiger partial charge in [-0.25, -0.2) is 4.68 Å². The molecule has 0 aliphatic rings. The Bertz CT molecular complexity index is 845. The largest absolute Gasteiger partial charge is 0.481 e. The maximum absolute atomic E-state index is 10.5. The molecule has 6 heteroatoms. The molecular formula is C19H21N3O3. The van der Waals surface area contributed by atoms with E-state index in [1.165, 1.54) is 5.56 Å². The maximum atomic E-state index is 10.5. The summed E-state index contributed by atoms with van der Waals surface area (Å²) in [6, 6.07) is 15.8. The Balaban J connectivity index is 1.52. The molecule has 0 aliphatic carbocycles. The number of nitrogens with zero attached hydrogens (tertiary/aromatic N) is 3. The lowest BCUT2D eigenvalue weighted by molar-refractivity contribution is -0.137. The number of hydrogen-bond acceptors (Lipinski definition) is 4. The van der Waals surface area contributed by atoms with E-state index in [9.17, 15) is 4.79 Å². The van der Waals surface area contributed by atoms with Crippen LogP contribution in [-0.4, -0.2) is 26.1 Å². The van der Waals surface area contributed by atoms with Crippen LogP contribution in [0.1, 0.15) is 31.2 Å². The molecular weight excluding hydrogens is 318 g/mol. The molecule has 3 rings (SSSR count). The fourth-order valence-corrected chi connectivity index (χ4v) is 2.72. The van der Waals surface area contributed by atoms with Crippen molar-refractivity contribution in [3.8, 4) is 5.75 Å². The Morgan fingerprint density at radius 1 is 1.08 bits per heavy atom. The zero-order chi connectivity index (χ0) is 17.5. The van der Waals surface area contributed by atoms with Gasteiger partial charge in [-0.2, -0.15) is 0 Å². The third-order valence-electron chi connectivity index (χ3n) is 4.03. The molecule has 0 radical (unpaired) electrons. The minimum atomic E-state index is -0.726. The predicted molar refractivity (Wildman–Crippen MR) is 94.4 cm³/mol. The van der Waals surface area contributed by atoms with Gasteiger partial charge in [0.15, 0.2) is 6.73 Å².